The van der Waals surface area contributed by atoms with Crippen LogP contribution in [0, 0.1) is 6.92 Å². The van der Waals surface area contributed by atoms with Gasteiger partial charge in [-0.3, -0.25) is 4.98 Å². The van der Waals surface area contributed by atoms with Crippen LogP contribution in [0.15, 0.2) is 24.4 Å². The molecule has 4 heteroatoms. The lowest BCUT2D eigenvalue weighted by atomic mass is 10.0. The van der Waals surface area contributed by atoms with E-state index in [1.165, 1.54) is 12.1 Å². The molecule has 0 aliphatic rings. The Labute approximate surface area is 85.8 Å². The Bertz CT molecular complexity index is 549. The van der Waals surface area contributed by atoms with Gasteiger partial charge in [-0.15, -0.1) is 0 Å². The Morgan fingerprint density at radius 2 is 2.07 bits per heavy atom. The van der Waals surface area contributed by atoms with Gasteiger partial charge in [-0.25, -0.2) is 4.79 Å². The minimum Gasteiger partial charge on any atom is -0.506 e. The van der Waals surface area contributed by atoms with Gasteiger partial charge >= 0.3 is 5.97 Å². The second-order valence-electron chi connectivity index (χ2n) is 3.29. The Morgan fingerprint density at radius 1 is 1.33 bits per heavy atom. The first-order valence-electron chi connectivity index (χ1n) is 4.42. The van der Waals surface area contributed by atoms with Crippen molar-refractivity contribution in [3.63, 3.8) is 0 Å². The van der Waals surface area contributed by atoms with Gasteiger partial charge in [0.15, 0.2) is 0 Å². The predicted octanol–water partition coefficient (Wildman–Crippen LogP) is 1.95. The molecule has 0 aliphatic carbocycles. The number of hydrogen-bond acceptors (Lipinski definition) is 3. The average molecular weight is 203 g/mol. The molecule has 0 bridgehead atoms. The van der Waals surface area contributed by atoms with Crippen LogP contribution >= 0.6 is 0 Å². The topological polar surface area (TPSA) is 70.4 Å². The molecule has 1 aromatic carbocycles. The molecule has 4 nitrogen and oxygen atoms in total. The molecule has 0 amide bonds. The number of aromatic hydroxyl groups is 1. The lowest BCUT2D eigenvalue weighted by molar-refractivity contribution is 0.0699. The van der Waals surface area contributed by atoms with E-state index in [4.69, 9.17) is 5.11 Å². The molecule has 0 saturated heterocycles. The van der Waals surface area contributed by atoms with E-state index in [2.05, 4.69) is 4.98 Å². The number of aromatic nitrogens is 1. The van der Waals surface area contributed by atoms with Crippen molar-refractivity contribution in [1.29, 1.82) is 0 Å². The van der Waals surface area contributed by atoms with E-state index in [0.29, 0.717) is 10.9 Å². The van der Waals surface area contributed by atoms with Gasteiger partial charge in [-0.2, -0.15) is 0 Å². The van der Waals surface area contributed by atoms with Crippen LogP contribution in [0.25, 0.3) is 10.9 Å². The van der Waals surface area contributed by atoms with Gasteiger partial charge in [0.05, 0.1) is 5.56 Å². The molecule has 0 saturated carbocycles. The number of phenols is 1. The summed E-state index contributed by atoms with van der Waals surface area (Å²) in [5.41, 5.74) is 1.27. The number of phenolic OH excluding ortho intramolecular Hbond substituents is 1. The number of nitrogens with zero attached hydrogens (tertiary/aromatic N) is 1. The summed E-state index contributed by atoms with van der Waals surface area (Å²) in [5.74, 6) is -1.02. The van der Waals surface area contributed by atoms with Crippen molar-refractivity contribution in [2.24, 2.45) is 0 Å². The molecule has 0 fully saturated rings. The molecule has 0 radical (unpaired) electrons. The molecule has 15 heavy (non-hydrogen) atoms. The number of carboxylic acids is 1. The number of aryl methyl sites for hydroxylation is 1. The van der Waals surface area contributed by atoms with Crippen molar-refractivity contribution in [2.45, 2.75) is 6.92 Å². The molecule has 2 rings (SSSR count). The number of rotatable bonds is 1. The van der Waals surface area contributed by atoms with Crippen molar-refractivity contribution in [3.8, 4) is 5.75 Å². The van der Waals surface area contributed by atoms with Gasteiger partial charge < -0.3 is 10.2 Å². The van der Waals surface area contributed by atoms with E-state index in [0.717, 1.165) is 5.56 Å². The van der Waals surface area contributed by atoms with Crippen LogP contribution in [0.1, 0.15) is 15.9 Å². The zero-order chi connectivity index (χ0) is 11.0. The second-order valence-corrected chi connectivity index (χ2v) is 3.29. The Morgan fingerprint density at radius 3 is 2.73 bits per heavy atom. The maximum Gasteiger partial charge on any atom is 0.336 e. The first-order chi connectivity index (χ1) is 7.11. The lowest BCUT2D eigenvalue weighted by Gasteiger charge is -2.06. The number of hydrogen-bond donors (Lipinski definition) is 2. The van der Waals surface area contributed by atoms with Gasteiger partial charge in [0, 0.05) is 11.6 Å². The summed E-state index contributed by atoms with van der Waals surface area (Å²) in [6.07, 6.45) is 1.54. The normalized spacial score (nSPS) is 10.5. The fraction of sp³-hybridized carbons (Fsp3) is 0.0909. The molecular weight excluding hydrogens is 194 g/mol. The van der Waals surface area contributed by atoms with Crippen LogP contribution in [0.5, 0.6) is 5.75 Å². The van der Waals surface area contributed by atoms with Gasteiger partial charge in [0.1, 0.15) is 11.3 Å². The van der Waals surface area contributed by atoms with E-state index in [-0.39, 0.29) is 11.3 Å². The molecule has 0 atom stereocenters. The Hall–Kier alpha value is -2.10. The van der Waals surface area contributed by atoms with Gasteiger partial charge in [0.25, 0.3) is 0 Å². The zero-order valence-corrected chi connectivity index (χ0v) is 8.06. The number of pyridine rings is 1. The molecule has 1 aromatic heterocycles. The summed E-state index contributed by atoms with van der Waals surface area (Å²) >= 11 is 0. The number of fused-ring (bicyclic) bond motifs is 1. The number of carbonyl (C=O) groups is 1. The maximum atomic E-state index is 11.0. The number of aromatic carboxylic acids is 1. The Balaban J connectivity index is 2.96. The van der Waals surface area contributed by atoms with E-state index in [1.54, 1.807) is 19.2 Å². The molecule has 0 aliphatic heterocycles. The molecule has 0 spiro atoms. The number of benzene rings is 1. The van der Waals surface area contributed by atoms with Crippen molar-refractivity contribution >= 4 is 16.9 Å². The highest BCUT2D eigenvalue weighted by Gasteiger charge is 2.13. The van der Waals surface area contributed by atoms with Crippen molar-refractivity contribution < 1.29 is 15.0 Å². The minimum absolute atomic E-state index is 0.00120. The van der Waals surface area contributed by atoms with Gasteiger partial charge in [0.2, 0.25) is 0 Å². The van der Waals surface area contributed by atoms with Crippen LogP contribution in [0.2, 0.25) is 0 Å². The standard InChI is InChI=1S/C11H9NO3/c1-6-4-5-12-10-8(13)3-2-7(9(6)10)11(14)15/h2-5,13H,1H3,(H,14,15). The van der Waals surface area contributed by atoms with E-state index in [1.807, 2.05) is 0 Å². The van der Waals surface area contributed by atoms with Crippen LogP contribution < -0.4 is 0 Å². The summed E-state index contributed by atoms with van der Waals surface area (Å²) in [5, 5.41) is 19.0. The third-order valence-electron chi connectivity index (χ3n) is 2.31. The van der Waals surface area contributed by atoms with Crippen molar-refractivity contribution in [2.75, 3.05) is 0 Å². The van der Waals surface area contributed by atoms with E-state index < -0.39 is 5.97 Å². The molecule has 1 heterocycles. The summed E-state index contributed by atoms with van der Waals surface area (Å²) in [7, 11) is 0. The minimum atomic E-state index is -1.02. The van der Waals surface area contributed by atoms with E-state index >= 15 is 0 Å². The summed E-state index contributed by atoms with van der Waals surface area (Å²) in [4.78, 5) is 14.9. The number of carboxylic acid groups (broad SMARTS) is 1. The quantitative estimate of drug-likeness (QED) is 0.743. The highest BCUT2D eigenvalue weighted by atomic mass is 16.4. The highest BCUT2D eigenvalue weighted by molar-refractivity contribution is 6.05. The smallest absolute Gasteiger partial charge is 0.336 e. The maximum absolute atomic E-state index is 11.0. The third kappa shape index (κ3) is 1.40. The fourth-order valence-corrected chi connectivity index (χ4v) is 1.60. The first kappa shape index (κ1) is 9.45. The highest BCUT2D eigenvalue weighted by Crippen LogP contribution is 2.27. The van der Waals surface area contributed by atoms with Crippen molar-refractivity contribution in [3.05, 3.63) is 35.5 Å². The van der Waals surface area contributed by atoms with Gasteiger partial charge in [-0.05, 0) is 30.7 Å². The summed E-state index contributed by atoms with van der Waals surface area (Å²) in [6, 6.07) is 4.45. The average Bonchev–Trinajstić information content (AvgIpc) is 2.19. The van der Waals surface area contributed by atoms with E-state index in [9.17, 15) is 9.90 Å². The summed E-state index contributed by atoms with van der Waals surface area (Å²) < 4.78 is 0. The predicted molar refractivity (Wildman–Crippen MR) is 55.1 cm³/mol. The summed E-state index contributed by atoms with van der Waals surface area (Å²) in [6.45, 7) is 1.79. The third-order valence-corrected chi connectivity index (χ3v) is 2.31. The zero-order valence-electron chi connectivity index (χ0n) is 8.06. The van der Waals surface area contributed by atoms with Gasteiger partial charge in [-0.1, -0.05) is 0 Å². The lowest BCUT2D eigenvalue weighted by Crippen LogP contribution is -1.99. The van der Waals surface area contributed by atoms with Crippen LogP contribution in [-0.2, 0) is 0 Å². The Kier molecular flexibility index (Phi) is 2.04. The molecular formula is C11H9NO3. The fourth-order valence-electron chi connectivity index (χ4n) is 1.60. The first-order valence-corrected chi connectivity index (χ1v) is 4.42. The van der Waals surface area contributed by atoms with Crippen LogP contribution in [-0.4, -0.2) is 21.2 Å². The second kappa shape index (κ2) is 3.24. The van der Waals surface area contributed by atoms with Crippen LogP contribution in [0.3, 0.4) is 0 Å². The SMILES string of the molecule is Cc1ccnc2c(O)ccc(C(=O)O)c12. The molecule has 2 aromatic rings. The van der Waals surface area contributed by atoms with Crippen LogP contribution in [0.4, 0.5) is 0 Å². The monoisotopic (exact) mass is 203 g/mol. The molecule has 2 N–H and O–H groups in total. The largest absolute Gasteiger partial charge is 0.506 e. The molecule has 76 valence electrons. The molecule has 0 unspecified atom stereocenters. The van der Waals surface area contributed by atoms with Crippen molar-refractivity contribution in [1.82, 2.24) is 4.98 Å².